The maximum Gasteiger partial charge on any atom is 0.433 e. The fourth-order valence-corrected chi connectivity index (χ4v) is 2.49. The van der Waals surface area contributed by atoms with Crippen molar-refractivity contribution in [3.63, 3.8) is 0 Å². The number of anilines is 1. The fraction of sp³-hybridized carbons (Fsp3) is 0.692. The van der Waals surface area contributed by atoms with E-state index in [9.17, 15) is 13.2 Å². The number of nitrogens with zero attached hydrogens (tertiary/aromatic N) is 3. The van der Waals surface area contributed by atoms with Crippen LogP contribution in [0, 0.1) is 0 Å². The number of hydrogen-bond acceptors (Lipinski definition) is 4. The zero-order valence-corrected chi connectivity index (χ0v) is 11.0. The van der Waals surface area contributed by atoms with Crippen LogP contribution in [-0.4, -0.2) is 35.1 Å². The molecule has 0 unspecified atom stereocenters. The number of piperidine rings is 1. The summed E-state index contributed by atoms with van der Waals surface area (Å²) in [4.78, 5) is 9.44. The summed E-state index contributed by atoms with van der Waals surface area (Å²) < 4.78 is 37.9. The van der Waals surface area contributed by atoms with Crippen molar-refractivity contribution in [1.82, 2.24) is 15.3 Å². The van der Waals surface area contributed by atoms with Crippen molar-refractivity contribution < 1.29 is 13.2 Å². The van der Waals surface area contributed by atoms with Crippen LogP contribution in [0.3, 0.4) is 0 Å². The Balaban J connectivity index is 1.62. The van der Waals surface area contributed by atoms with E-state index in [4.69, 9.17) is 0 Å². The van der Waals surface area contributed by atoms with E-state index in [1.165, 1.54) is 19.0 Å². The molecule has 0 bridgehead atoms. The molecular formula is C13H17F3N4. The highest BCUT2D eigenvalue weighted by atomic mass is 19.4. The molecule has 1 saturated carbocycles. The first-order chi connectivity index (χ1) is 9.52. The van der Waals surface area contributed by atoms with Gasteiger partial charge in [0.05, 0.1) is 0 Å². The fourth-order valence-electron chi connectivity index (χ4n) is 2.49. The molecule has 110 valence electrons. The molecular weight excluding hydrogens is 269 g/mol. The Morgan fingerprint density at radius 3 is 2.35 bits per heavy atom. The second-order valence-electron chi connectivity index (χ2n) is 5.44. The highest BCUT2D eigenvalue weighted by molar-refractivity contribution is 5.31. The van der Waals surface area contributed by atoms with Gasteiger partial charge < -0.3 is 10.2 Å². The summed E-state index contributed by atoms with van der Waals surface area (Å²) in [7, 11) is 0. The van der Waals surface area contributed by atoms with Gasteiger partial charge in [-0.2, -0.15) is 13.2 Å². The Morgan fingerprint density at radius 1 is 1.10 bits per heavy atom. The van der Waals surface area contributed by atoms with E-state index >= 15 is 0 Å². The maximum atomic E-state index is 12.6. The summed E-state index contributed by atoms with van der Waals surface area (Å²) in [6.07, 6.45) is 1.11. The first-order valence-corrected chi connectivity index (χ1v) is 6.93. The number of alkyl halides is 3. The number of aromatic nitrogens is 2. The second kappa shape index (κ2) is 5.20. The zero-order chi connectivity index (χ0) is 14.2. The van der Waals surface area contributed by atoms with Crippen molar-refractivity contribution >= 4 is 5.95 Å². The minimum absolute atomic E-state index is 0.185. The van der Waals surface area contributed by atoms with Gasteiger partial charge in [0.15, 0.2) is 0 Å². The number of halogens is 3. The average molecular weight is 286 g/mol. The van der Waals surface area contributed by atoms with Gasteiger partial charge in [-0.3, -0.25) is 0 Å². The summed E-state index contributed by atoms with van der Waals surface area (Å²) >= 11 is 0. The monoisotopic (exact) mass is 286 g/mol. The normalized spacial score (nSPS) is 21.2. The molecule has 0 amide bonds. The minimum atomic E-state index is -4.41. The molecule has 0 aromatic carbocycles. The zero-order valence-electron chi connectivity index (χ0n) is 11.0. The smallest absolute Gasteiger partial charge is 0.341 e. The highest BCUT2D eigenvalue weighted by Gasteiger charge is 2.34. The van der Waals surface area contributed by atoms with Crippen LogP contribution in [0.1, 0.15) is 31.4 Å². The lowest BCUT2D eigenvalue weighted by atomic mass is 10.1. The summed E-state index contributed by atoms with van der Waals surface area (Å²) in [5.41, 5.74) is -0.874. The van der Waals surface area contributed by atoms with Crippen molar-refractivity contribution in [2.24, 2.45) is 0 Å². The van der Waals surface area contributed by atoms with Crippen LogP contribution >= 0.6 is 0 Å². The number of rotatable bonds is 3. The Hall–Kier alpha value is -1.37. The minimum Gasteiger partial charge on any atom is -0.341 e. The van der Waals surface area contributed by atoms with E-state index in [1.54, 1.807) is 0 Å². The van der Waals surface area contributed by atoms with Crippen molar-refractivity contribution in [2.75, 3.05) is 18.0 Å². The summed E-state index contributed by atoms with van der Waals surface area (Å²) in [5, 5.41) is 3.55. The molecule has 1 aliphatic heterocycles. The van der Waals surface area contributed by atoms with E-state index in [-0.39, 0.29) is 5.95 Å². The van der Waals surface area contributed by atoms with Crippen LogP contribution < -0.4 is 10.2 Å². The van der Waals surface area contributed by atoms with Gasteiger partial charge in [0.2, 0.25) is 5.95 Å². The molecule has 7 heteroatoms. The molecule has 1 aliphatic carbocycles. The molecule has 1 N–H and O–H groups in total. The number of hydrogen-bond donors (Lipinski definition) is 1. The molecule has 2 heterocycles. The Labute approximate surface area is 115 Å². The van der Waals surface area contributed by atoms with Gasteiger partial charge in [-0.25, -0.2) is 9.97 Å². The SMILES string of the molecule is FC(F)(F)c1ccnc(N2CCC(NC3CC3)CC2)n1. The average Bonchev–Trinajstić information content (AvgIpc) is 3.23. The van der Waals surface area contributed by atoms with E-state index in [0.29, 0.717) is 25.2 Å². The van der Waals surface area contributed by atoms with Crippen molar-refractivity contribution in [3.05, 3.63) is 18.0 Å². The first-order valence-electron chi connectivity index (χ1n) is 6.93. The molecule has 1 aromatic heterocycles. The third-order valence-electron chi connectivity index (χ3n) is 3.76. The molecule has 0 atom stereocenters. The Kier molecular flexibility index (Phi) is 3.54. The summed E-state index contributed by atoms with van der Waals surface area (Å²) in [6.45, 7) is 1.40. The lowest BCUT2D eigenvalue weighted by Crippen LogP contribution is -2.44. The van der Waals surface area contributed by atoms with E-state index in [1.807, 2.05) is 4.90 Å². The van der Waals surface area contributed by atoms with Crippen molar-refractivity contribution in [1.29, 1.82) is 0 Å². The van der Waals surface area contributed by atoms with Crippen LogP contribution in [0.25, 0.3) is 0 Å². The van der Waals surface area contributed by atoms with E-state index < -0.39 is 11.9 Å². The molecule has 0 radical (unpaired) electrons. The molecule has 20 heavy (non-hydrogen) atoms. The van der Waals surface area contributed by atoms with Crippen LogP contribution in [0.4, 0.5) is 19.1 Å². The van der Waals surface area contributed by atoms with Gasteiger partial charge in [0, 0.05) is 31.4 Å². The van der Waals surface area contributed by atoms with E-state index in [0.717, 1.165) is 18.9 Å². The van der Waals surface area contributed by atoms with Crippen LogP contribution in [0.15, 0.2) is 12.3 Å². The topological polar surface area (TPSA) is 41.1 Å². The van der Waals surface area contributed by atoms with Gasteiger partial charge in [-0.05, 0) is 31.7 Å². The third kappa shape index (κ3) is 3.20. The molecule has 0 spiro atoms. The van der Waals surface area contributed by atoms with Gasteiger partial charge in [0.25, 0.3) is 0 Å². The molecule has 2 aliphatic rings. The quantitative estimate of drug-likeness (QED) is 0.925. The Morgan fingerprint density at radius 2 is 1.75 bits per heavy atom. The molecule has 1 aromatic rings. The van der Waals surface area contributed by atoms with Gasteiger partial charge in [0.1, 0.15) is 5.69 Å². The largest absolute Gasteiger partial charge is 0.433 e. The van der Waals surface area contributed by atoms with Crippen molar-refractivity contribution in [2.45, 2.75) is 43.9 Å². The van der Waals surface area contributed by atoms with Crippen LogP contribution in [0.5, 0.6) is 0 Å². The van der Waals surface area contributed by atoms with Gasteiger partial charge in [-0.15, -0.1) is 0 Å². The van der Waals surface area contributed by atoms with Crippen molar-refractivity contribution in [3.8, 4) is 0 Å². The van der Waals surface area contributed by atoms with Crippen LogP contribution in [-0.2, 0) is 6.18 Å². The molecule has 4 nitrogen and oxygen atoms in total. The molecule has 3 rings (SSSR count). The predicted octanol–water partition coefficient (Wildman–Crippen LogP) is 2.22. The first kappa shape index (κ1) is 13.6. The van der Waals surface area contributed by atoms with Gasteiger partial charge in [-0.1, -0.05) is 0 Å². The predicted molar refractivity (Wildman–Crippen MR) is 68.4 cm³/mol. The highest BCUT2D eigenvalue weighted by Crippen LogP contribution is 2.29. The van der Waals surface area contributed by atoms with E-state index in [2.05, 4.69) is 15.3 Å². The lowest BCUT2D eigenvalue weighted by Gasteiger charge is -2.32. The summed E-state index contributed by atoms with van der Waals surface area (Å²) in [6, 6.07) is 2.05. The third-order valence-corrected chi connectivity index (χ3v) is 3.76. The lowest BCUT2D eigenvalue weighted by molar-refractivity contribution is -0.141. The van der Waals surface area contributed by atoms with Gasteiger partial charge >= 0.3 is 6.18 Å². The summed E-state index contributed by atoms with van der Waals surface area (Å²) in [5.74, 6) is 0.185. The van der Waals surface area contributed by atoms with Crippen LogP contribution in [0.2, 0.25) is 0 Å². The second-order valence-corrected chi connectivity index (χ2v) is 5.44. The molecule has 2 fully saturated rings. The Bertz CT molecular complexity index is 465. The standard InChI is InChI=1S/C13H17F3N4/c14-13(15,16)11-3-6-17-12(19-11)20-7-4-10(5-8-20)18-9-1-2-9/h3,6,9-10,18H,1-2,4-5,7-8H2. The molecule has 1 saturated heterocycles. The number of nitrogens with one attached hydrogen (secondary N) is 1. The maximum absolute atomic E-state index is 12.6.